The summed E-state index contributed by atoms with van der Waals surface area (Å²) in [6.07, 6.45) is 1.47. The van der Waals surface area contributed by atoms with E-state index >= 15 is 0 Å². The number of hydrogen-bond acceptors (Lipinski definition) is 4. The fourth-order valence-electron chi connectivity index (χ4n) is 1.94. The molecular weight excluding hydrogens is 290 g/mol. The monoisotopic (exact) mass is 321 g/mol. The van der Waals surface area contributed by atoms with Crippen LogP contribution in [0.5, 0.6) is 0 Å². The molecule has 0 spiro atoms. The van der Waals surface area contributed by atoms with Gasteiger partial charge in [0.25, 0.3) is 0 Å². The van der Waals surface area contributed by atoms with Gasteiger partial charge < -0.3 is 15.4 Å². The van der Waals surface area contributed by atoms with E-state index in [1.165, 1.54) is 0 Å². The number of nitrogens with one attached hydrogen (secondary N) is 2. The molecule has 5 nitrogen and oxygen atoms in total. The van der Waals surface area contributed by atoms with Gasteiger partial charge in [0, 0.05) is 24.8 Å². The van der Waals surface area contributed by atoms with Crippen molar-refractivity contribution in [3.05, 3.63) is 29.6 Å². The number of rotatable bonds is 6. The van der Waals surface area contributed by atoms with Gasteiger partial charge in [0.2, 0.25) is 0 Å². The predicted molar refractivity (Wildman–Crippen MR) is 93.3 cm³/mol. The Bertz CT molecular complexity index is 506. The zero-order valence-corrected chi connectivity index (χ0v) is 15.5. The van der Waals surface area contributed by atoms with Gasteiger partial charge in [0.15, 0.2) is 0 Å². The van der Waals surface area contributed by atoms with Gasteiger partial charge in [0.1, 0.15) is 5.60 Å². The highest BCUT2D eigenvalue weighted by molar-refractivity contribution is 5.67. The Hall–Kier alpha value is -1.62. The van der Waals surface area contributed by atoms with E-state index in [-0.39, 0.29) is 11.6 Å². The Kier molecular flexibility index (Phi) is 6.57. The lowest BCUT2D eigenvalue weighted by atomic mass is 9.88. The number of carbonyl (C=O) groups is 1. The highest BCUT2D eigenvalue weighted by Crippen LogP contribution is 2.17. The van der Waals surface area contributed by atoms with E-state index in [0.29, 0.717) is 19.0 Å². The lowest BCUT2D eigenvalue weighted by Gasteiger charge is -2.35. The summed E-state index contributed by atoms with van der Waals surface area (Å²) in [5.41, 5.74) is 1.40. The van der Waals surface area contributed by atoms with Crippen LogP contribution in [0.2, 0.25) is 0 Å². The van der Waals surface area contributed by atoms with Gasteiger partial charge in [-0.3, -0.25) is 4.98 Å². The maximum atomic E-state index is 11.9. The molecular formula is C18H31N3O2. The Morgan fingerprint density at radius 2 is 1.91 bits per heavy atom. The van der Waals surface area contributed by atoms with E-state index in [9.17, 15) is 4.79 Å². The lowest BCUT2D eigenvalue weighted by Crippen LogP contribution is -2.55. The fraction of sp³-hybridized carbons (Fsp3) is 0.667. The van der Waals surface area contributed by atoms with Gasteiger partial charge in [-0.05, 0) is 52.2 Å². The van der Waals surface area contributed by atoms with Crippen molar-refractivity contribution >= 4 is 6.09 Å². The Balaban J connectivity index is 2.60. The first-order valence-electron chi connectivity index (χ1n) is 8.15. The van der Waals surface area contributed by atoms with E-state index in [0.717, 1.165) is 11.3 Å². The molecule has 0 aliphatic rings. The van der Waals surface area contributed by atoms with Crippen molar-refractivity contribution in [2.24, 2.45) is 5.92 Å². The number of ether oxygens (including phenoxy) is 1. The average molecular weight is 321 g/mol. The second kappa shape index (κ2) is 7.77. The van der Waals surface area contributed by atoms with Gasteiger partial charge in [-0.2, -0.15) is 0 Å². The number of hydrogen-bond donors (Lipinski definition) is 2. The molecule has 0 saturated heterocycles. The predicted octanol–water partition coefficient (Wildman–Crippen LogP) is 3.42. The molecule has 1 aromatic heterocycles. The molecule has 1 heterocycles. The summed E-state index contributed by atoms with van der Waals surface area (Å²) in [6, 6.07) is 4.07. The highest BCUT2D eigenvalue weighted by Gasteiger charge is 2.29. The summed E-state index contributed by atoms with van der Waals surface area (Å²) < 4.78 is 5.30. The van der Waals surface area contributed by atoms with Crippen LogP contribution in [-0.2, 0) is 11.3 Å². The maximum Gasteiger partial charge on any atom is 0.407 e. The summed E-state index contributed by atoms with van der Waals surface area (Å²) in [4.78, 5) is 16.3. The van der Waals surface area contributed by atoms with Crippen LogP contribution in [-0.4, -0.2) is 28.8 Å². The van der Waals surface area contributed by atoms with Crippen LogP contribution in [0.15, 0.2) is 18.3 Å². The van der Waals surface area contributed by atoms with Crippen LogP contribution in [0, 0.1) is 12.8 Å². The third-order valence-electron chi connectivity index (χ3n) is 3.92. The number of alkyl carbamates (subject to hydrolysis) is 1. The zero-order valence-electron chi connectivity index (χ0n) is 15.5. The van der Waals surface area contributed by atoms with Gasteiger partial charge in [-0.25, -0.2) is 4.79 Å². The molecule has 0 fully saturated rings. The summed E-state index contributed by atoms with van der Waals surface area (Å²) in [5.74, 6) is 0.336. The Labute approximate surface area is 140 Å². The van der Waals surface area contributed by atoms with E-state index in [1.54, 1.807) is 0 Å². The molecule has 1 amide bonds. The van der Waals surface area contributed by atoms with Crippen molar-refractivity contribution in [2.75, 3.05) is 6.54 Å². The normalized spacial score (nSPS) is 14.4. The van der Waals surface area contributed by atoms with Crippen LogP contribution in [0.25, 0.3) is 0 Å². The average Bonchev–Trinajstić information content (AvgIpc) is 2.42. The molecule has 23 heavy (non-hydrogen) atoms. The van der Waals surface area contributed by atoms with Gasteiger partial charge in [-0.1, -0.05) is 19.9 Å². The molecule has 0 radical (unpaired) electrons. The Morgan fingerprint density at radius 3 is 2.39 bits per heavy atom. The van der Waals surface area contributed by atoms with Crippen molar-refractivity contribution in [3.8, 4) is 0 Å². The van der Waals surface area contributed by atoms with Crippen LogP contribution < -0.4 is 10.6 Å². The smallest absolute Gasteiger partial charge is 0.407 e. The largest absolute Gasteiger partial charge is 0.444 e. The minimum absolute atomic E-state index is 0.247. The topological polar surface area (TPSA) is 63.2 Å². The zero-order chi connectivity index (χ0) is 17.7. The highest BCUT2D eigenvalue weighted by atomic mass is 16.6. The molecule has 0 aliphatic heterocycles. The molecule has 130 valence electrons. The van der Waals surface area contributed by atoms with Crippen molar-refractivity contribution < 1.29 is 9.53 Å². The van der Waals surface area contributed by atoms with E-state index in [1.807, 2.05) is 40.0 Å². The molecule has 5 heteroatoms. The number of amides is 1. The molecule has 0 aromatic carbocycles. The van der Waals surface area contributed by atoms with Gasteiger partial charge >= 0.3 is 6.09 Å². The first kappa shape index (κ1) is 19.4. The number of pyridine rings is 1. The summed E-state index contributed by atoms with van der Waals surface area (Å²) in [6.45, 7) is 15.1. The van der Waals surface area contributed by atoms with Crippen LogP contribution >= 0.6 is 0 Å². The Morgan fingerprint density at radius 1 is 1.26 bits per heavy atom. The molecule has 1 aromatic rings. The van der Waals surface area contributed by atoms with Crippen molar-refractivity contribution in [2.45, 2.75) is 66.2 Å². The molecule has 0 aliphatic carbocycles. The van der Waals surface area contributed by atoms with E-state index in [2.05, 4.69) is 42.5 Å². The SMILES string of the molecule is Cc1ccc(CNC(C)(CNC(=O)OC(C)(C)C)C(C)C)nc1. The third kappa shape index (κ3) is 6.99. The molecule has 1 rings (SSSR count). The molecule has 0 bridgehead atoms. The molecule has 1 atom stereocenters. The quantitative estimate of drug-likeness (QED) is 0.843. The van der Waals surface area contributed by atoms with Gasteiger partial charge in [0.05, 0.1) is 5.69 Å². The maximum absolute atomic E-state index is 11.9. The van der Waals surface area contributed by atoms with Crippen LogP contribution in [0.1, 0.15) is 52.8 Å². The summed E-state index contributed by atoms with van der Waals surface area (Å²) >= 11 is 0. The van der Waals surface area contributed by atoms with Crippen LogP contribution in [0.3, 0.4) is 0 Å². The number of aryl methyl sites for hydroxylation is 1. The fourth-order valence-corrected chi connectivity index (χ4v) is 1.94. The van der Waals surface area contributed by atoms with Crippen molar-refractivity contribution in [3.63, 3.8) is 0 Å². The molecule has 2 N–H and O–H groups in total. The number of carbonyl (C=O) groups excluding carboxylic acids is 1. The van der Waals surface area contributed by atoms with E-state index < -0.39 is 5.60 Å². The van der Waals surface area contributed by atoms with E-state index in [4.69, 9.17) is 4.74 Å². The van der Waals surface area contributed by atoms with Gasteiger partial charge in [-0.15, -0.1) is 0 Å². The first-order valence-corrected chi connectivity index (χ1v) is 8.15. The van der Waals surface area contributed by atoms with Crippen LogP contribution in [0.4, 0.5) is 4.79 Å². The first-order chi connectivity index (χ1) is 10.5. The number of nitrogens with zero attached hydrogens (tertiary/aromatic N) is 1. The second-order valence-electron chi connectivity index (χ2n) is 7.61. The standard InChI is InChI=1S/C18H31N3O2/c1-13(2)18(7,12-20-16(22)23-17(4,5)6)21-11-15-9-8-14(3)10-19-15/h8-10,13,21H,11-12H2,1-7H3,(H,20,22). The molecule has 1 unspecified atom stereocenters. The summed E-state index contributed by atoms with van der Waals surface area (Å²) in [7, 11) is 0. The lowest BCUT2D eigenvalue weighted by molar-refractivity contribution is 0.0503. The van der Waals surface area contributed by atoms with Crippen molar-refractivity contribution in [1.82, 2.24) is 15.6 Å². The minimum Gasteiger partial charge on any atom is -0.444 e. The summed E-state index contributed by atoms with van der Waals surface area (Å²) in [5, 5.41) is 6.38. The number of aromatic nitrogens is 1. The van der Waals surface area contributed by atoms with Crippen molar-refractivity contribution in [1.29, 1.82) is 0 Å². The minimum atomic E-state index is -0.489. The third-order valence-corrected chi connectivity index (χ3v) is 3.92. The second-order valence-corrected chi connectivity index (χ2v) is 7.61. The molecule has 0 saturated carbocycles.